The lowest BCUT2D eigenvalue weighted by molar-refractivity contribution is -0.308. The van der Waals surface area contributed by atoms with Gasteiger partial charge in [-0.2, -0.15) is 11.8 Å². The van der Waals surface area contributed by atoms with E-state index in [1.807, 2.05) is 6.26 Å². The normalized spacial score (nSPS) is 16.1. The molecule has 114 valence electrons. The average Bonchev–Trinajstić information content (AvgIpc) is 2.44. The first kappa shape index (κ1) is 16.9. The fourth-order valence-corrected chi connectivity index (χ4v) is 2.63. The third-order valence-corrected chi connectivity index (χ3v) is 3.96. The monoisotopic (exact) mass is 299 g/mol. The Morgan fingerprint density at radius 1 is 1.45 bits per heavy atom. The number of carbonyl (C=O) groups excluding carboxylic acids is 2. The first-order valence-corrected chi connectivity index (χ1v) is 8.45. The number of hydrogen-bond acceptors (Lipinski definition) is 4. The summed E-state index contributed by atoms with van der Waals surface area (Å²) in [5.74, 6) is -0.560. The Morgan fingerprint density at radius 3 is 2.85 bits per heavy atom. The van der Waals surface area contributed by atoms with Crippen LogP contribution in [-0.2, 0) is 4.79 Å². The van der Waals surface area contributed by atoms with Crippen LogP contribution in [0.4, 0.5) is 4.79 Å². The van der Waals surface area contributed by atoms with Crippen LogP contribution < -0.4 is 15.7 Å². The first-order valence-electron chi connectivity index (χ1n) is 7.05. The predicted molar refractivity (Wildman–Crippen MR) is 79.5 cm³/mol. The van der Waals surface area contributed by atoms with E-state index >= 15 is 0 Å². The first-order chi connectivity index (χ1) is 9.63. The SMILES string of the molecule is CSCC[C@H](NC(=O)NCCC1=CCCCC1)C(=O)[O-]. The molecular formula is C14H23N2O3S-. The van der Waals surface area contributed by atoms with Crippen molar-refractivity contribution in [1.82, 2.24) is 10.6 Å². The maximum atomic E-state index is 11.6. The smallest absolute Gasteiger partial charge is 0.315 e. The van der Waals surface area contributed by atoms with Gasteiger partial charge in [-0.25, -0.2) is 4.79 Å². The van der Waals surface area contributed by atoms with Crippen molar-refractivity contribution in [3.63, 3.8) is 0 Å². The lowest BCUT2D eigenvalue weighted by Gasteiger charge is -2.20. The minimum Gasteiger partial charge on any atom is -0.548 e. The van der Waals surface area contributed by atoms with Gasteiger partial charge in [0.15, 0.2) is 0 Å². The van der Waals surface area contributed by atoms with Gasteiger partial charge in [-0.15, -0.1) is 0 Å². The number of hydrogen-bond donors (Lipinski definition) is 2. The summed E-state index contributed by atoms with van der Waals surface area (Å²) in [4.78, 5) is 22.5. The molecule has 0 saturated carbocycles. The third kappa shape index (κ3) is 6.84. The zero-order chi connectivity index (χ0) is 14.8. The maximum Gasteiger partial charge on any atom is 0.315 e. The van der Waals surface area contributed by atoms with Crippen LogP contribution in [0, 0.1) is 0 Å². The van der Waals surface area contributed by atoms with Crippen molar-refractivity contribution in [3.8, 4) is 0 Å². The minimum absolute atomic E-state index is 0.377. The van der Waals surface area contributed by atoms with Gasteiger partial charge in [0.2, 0.25) is 0 Å². The highest BCUT2D eigenvalue weighted by Crippen LogP contribution is 2.19. The number of thioether (sulfide) groups is 1. The highest BCUT2D eigenvalue weighted by atomic mass is 32.2. The van der Waals surface area contributed by atoms with E-state index in [4.69, 9.17) is 0 Å². The van der Waals surface area contributed by atoms with Crippen LogP contribution in [0.25, 0.3) is 0 Å². The van der Waals surface area contributed by atoms with E-state index in [0.29, 0.717) is 18.7 Å². The largest absolute Gasteiger partial charge is 0.548 e. The Hall–Kier alpha value is -1.17. The number of amides is 2. The number of urea groups is 1. The zero-order valence-electron chi connectivity index (χ0n) is 11.9. The zero-order valence-corrected chi connectivity index (χ0v) is 12.8. The van der Waals surface area contributed by atoms with Crippen LogP contribution in [-0.4, -0.2) is 36.6 Å². The van der Waals surface area contributed by atoms with Gasteiger partial charge in [0.1, 0.15) is 0 Å². The Kier molecular flexibility index (Phi) is 8.18. The van der Waals surface area contributed by atoms with Gasteiger partial charge in [0.05, 0.1) is 12.0 Å². The van der Waals surface area contributed by atoms with Crippen LogP contribution in [0.3, 0.4) is 0 Å². The summed E-state index contributed by atoms with van der Waals surface area (Å²) < 4.78 is 0. The molecule has 1 atom stereocenters. The molecule has 2 amide bonds. The molecule has 0 unspecified atom stereocenters. The minimum atomic E-state index is -1.23. The second kappa shape index (κ2) is 9.69. The van der Waals surface area contributed by atoms with Gasteiger partial charge >= 0.3 is 6.03 Å². The van der Waals surface area contributed by atoms with E-state index in [0.717, 1.165) is 19.3 Å². The fraction of sp³-hybridized carbons (Fsp3) is 0.714. The van der Waals surface area contributed by atoms with Crippen molar-refractivity contribution in [2.24, 2.45) is 0 Å². The van der Waals surface area contributed by atoms with E-state index in [2.05, 4.69) is 16.7 Å². The van der Waals surface area contributed by atoms with Crippen LogP contribution in [0.15, 0.2) is 11.6 Å². The number of carboxylic acids is 1. The number of nitrogens with one attached hydrogen (secondary N) is 2. The molecule has 0 aliphatic heterocycles. The molecule has 0 fully saturated rings. The van der Waals surface area contributed by atoms with E-state index in [9.17, 15) is 14.7 Å². The van der Waals surface area contributed by atoms with Gasteiger partial charge in [0, 0.05) is 6.54 Å². The van der Waals surface area contributed by atoms with Gasteiger partial charge < -0.3 is 20.5 Å². The van der Waals surface area contributed by atoms with E-state index in [1.54, 1.807) is 11.8 Å². The molecule has 0 aromatic rings. The molecule has 0 bridgehead atoms. The summed E-state index contributed by atoms with van der Waals surface area (Å²) in [7, 11) is 0. The van der Waals surface area contributed by atoms with Gasteiger partial charge in [-0.3, -0.25) is 0 Å². The molecule has 0 aromatic carbocycles. The van der Waals surface area contributed by atoms with Crippen LogP contribution in [0.2, 0.25) is 0 Å². The Labute approximate surface area is 124 Å². The molecule has 2 N–H and O–H groups in total. The van der Waals surface area contributed by atoms with E-state index < -0.39 is 18.0 Å². The maximum absolute atomic E-state index is 11.6. The van der Waals surface area contributed by atoms with Gasteiger partial charge in [-0.05, 0) is 50.5 Å². The van der Waals surface area contributed by atoms with Crippen LogP contribution >= 0.6 is 11.8 Å². The molecule has 0 heterocycles. The molecule has 0 saturated heterocycles. The fourth-order valence-electron chi connectivity index (χ4n) is 2.16. The quantitative estimate of drug-likeness (QED) is 0.656. The topological polar surface area (TPSA) is 81.3 Å². The number of rotatable bonds is 8. The second-order valence-corrected chi connectivity index (χ2v) is 5.90. The van der Waals surface area contributed by atoms with Gasteiger partial charge in [0.25, 0.3) is 0 Å². The standard InChI is InChI=1S/C14H24N2O3S/c1-20-10-8-12(13(17)18)16-14(19)15-9-7-11-5-3-2-4-6-11/h5,12H,2-4,6-10H2,1H3,(H,17,18)(H2,15,16,19)/p-1/t12-/m0/s1. The molecular weight excluding hydrogens is 276 g/mol. The summed E-state index contributed by atoms with van der Waals surface area (Å²) in [6, 6.07) is -1.35. The summed E-state index contributed by atoms with van der Waals surface area (Å²) in [6.07, 6.45) is 10.1. The average molecular weight is 299 g/mol. The van der Waals surface area contributed by atoms with Crippen molar-refractivity contribution >= 4 is 23.8 Å². The molecule has 20 heavy (non-hydrogen) atoms. The molecule has 0 spiro atoms. The lowest BCUT2D eigenvalue weighted by atomic mass is 9.97. The van der Waals surface area contributed by atoms with Crippen molar-refractivity contribution in [3.05, 3.63) is 11.6 Å². The Balaban J connectivity index is 2.23. The number of carbonyl (C=O) groups is 2. The van der Waals surface area contributed by atoms with Crippen LogP contribution in [0.1, 0.15) is 38.5 Å². The van der Waals surface area contributed by atoms with Crippen molar-refractivity contribution in [2.45, 2.75) is 44.6 Å². The molecule has 5 nitrogen and oxygen atoms in total. The molecule has 0 aromatic heterocycles. The Bertz CT molecular complexity index is 358. The highest BCUT2D eigenvalue weighted by molar-refractivity contribution is 7.98. The second-order valence-electron chi connectivity index (χ2n) is 4.91. The van der Waals surface area contributed by atoms with E-state index in [-0.39, 0.29) is 0 Å². The van der Waals surface area contributed by atoms with Gasteiger partial charge in [-0.1, -0.05) is 11.6 Å². The summed E-state index contributed by atoms with van der Waals surface area (Å²) >= 11 is 1.54. The number of allylic oxidation sites excluding steroid dienone is 1. The molecule has 1 rings (SSSR count). The number of aliphatic carboxylic acids is 1. The predicted octanol–water partition coefficient (Wildman–Crippen LogP) is 1.05. The summed E-state index contributed by atoms with van der Waals surface area (Å²) in [6.45, 7) is 0.542. The Morgan fingerprint density at radius 2 is 2.25 bits per heavy atom. The summed E-state index contributed by atoms with van der Waals surface area (Å²) in [5, 5.41) is 16.0. The van der Waals surface area contributed by atoms with Crippen molar-refractivity contribution < 1.29 is 14.7 Å². The van der Waals surface area contributed by atoms with Crippen LogP contribution in [0.5, 0.6) is 0 Å². The number of carboxylic acid groups (broad SMARTS) is 1. The van der Waals surface area contributed by atoms with E-state index in [1.165, 1.54) is 18.4 Å². The third-order valence-electron chi connectivity index (χ3n) is 3.32. The molecule has 0 radical (unpaired) electrons. The van der Waals surface area contributed by atoms with Crippen molar-refractivity contribution in [1.29, 1.82) is 0 Å². The molecule has 1 aliphatic rings. The summed E-state index contributed by atoms with van der Waals surface area (Å²) in [5.41, 5.74) is 1.38. The van der Waals surface area contributed by atoms with Crippen molar-refractivity contribution in [2.75, 3.05) is 18.6 Å². The molecule has 6 heteroatoms. The highest BCUT2D eigenvalue weighted by Gasteiger charge is 2.12. The lowest BCUT2D eigenvalue weighted by Crippen LogP contribution is -2.51. The molecule has 1 aliphatic carbocycles.